The molecule has 5 heteroatoms. The van der Waals surface area contributed by atoms with Gasteiger partial charge in [-0.1, -0.05) is 0 Å². The number of rotatable bonds is 2. The molecule has 2 aromatic rings. The monoisotopic (exact) mass is 223 g/mol. The minimum Gasteiger partial charge on any atom is -0.270 e. The Balaban J connectivity index is 2.42. The number of hydrogen-bond acceptors (Lipinski definition) is 2. The van der Waals surface area contributed by atoms with Crippen LogP contribution in [0.3, 0.4) is 0 Å². The van der Waals surface area contributed by atoms with Crippen molar-refractivity contribution in [3.63, 3.8) is 0 Å². The minimum absolute atomic E-state index is 0.0702. The van der Waals surface area contributed by atoms with Gasteiger partial charge in [0.05, 0.1) is 6.20 Å². The van der Waals surface area contributed by atoms with Crippen LogP contribution in [0.25, 0.3) is 11.4 Å². The van der Waals surface area contributed by atoms with E-state index in [-0.39, 0.29) is 11.7 Å². The van der Waals surface area contributed by atoms with Crippen LogP contribution < -0.4 is 0 Å². The van der Waals surface area contributed by atoms with E-state index in [2.05, 4.69) is 10.1 Å². The van der Waals surface area contributed by atoms with Crippen molar-refractivity contribution >= 4 is 0 Å². The highest BCUT2D eigenvalue weighted by atomic mass is 19.1. The molecule has 0 saturated carbocycles. The summed E-state index contributed by atoms with van der Waals surface area (Å²) in [6, 6.07) is 2.65. The van der Waals surface area contributed by atoms with Crippen molar-refractivity contribution in [3.8, 4) is 11.4 Å². The topological polar surface area (TPSA) is 30.7 Å². The van der Waals surface area contributed by atoms with E-state index < -0.39 is 11.6 Å². The SMILES string of the molecule is CC(C)n1ccc(-c2ncc(F)cc2F)n1. The first-order chi connectivity index (χ1) is 7.58. The lowest BCUT2D eigenvalue weighted by atomic mass is 10.2. The van der Waals surface area contributed by atoms with Gasteiger partial charge in [0.2, 0.25) is 0 Å². The molecule has 2 heterocycles. The third-order valence-electron chi connectivity index (χ3n) is 2.19. The lowest BCUT2D eigenvalue weighted by Gasteiger charge is -2.03. The molecule has 0 aliphatic rings. The van der Waals surface area contributed by atoms with Gasteiger partial charge in [-0.3, -0.25) is 4.68 Å². The average Bonchev–Trinajstić information content (AvgIpc) is 2.66. The maximum absolute atomic E-state index is 13.4. The number of aromatic nitrogens is 3. The Morgan fingerprint density at radius 3 is 2.62 bits per heavy atom. The summed E-state index contributed by atoms with van der Waals surface area (Å²) < 4.78 is 27.8. The van der Waals surface area contributed by atoms with Gasteiger partial charge in [-0.05, 0) is 19.9 Å². The zero-order valence-corrected chi connectivity index (χ0v) is 8.98. The molecule has 0 N–H and O–H groups in total. The normalized spacial score (nSPS) is 11.1. The van der Waals surface area contributed by atoms with E-state index in [1.165, 1.54) is 0 Å². The minimum atomic E-state index is -0.700. The van der Waals surface area contributed by atoms with Gasteiger partial charge in [0, 0.05) is 18.3 Å². The quantitative estimate of drug-likeness (QED) is 0.783. The van der Waals surface area contributed by atoms with Gasteiger partial charge in [0.25, 0.3) is 0 Å². The maximum atomic E-state index is 13.4. The second kappa shape index (κ2) is 4.00. The van der Waals surface area contributed by atoms with Crippen LogP contribution in [-0.4, -0.2) is 14.8 Å². The Bertz CT molecular complexity index is 506. The molecule has 0 aliphatic heterocycles. The zero-order chi connectivity index (χ0) is 11.7. The van der Waals surface area contributed by atoms with E-state index in [1.807, 2.05) is 13.8 Å². The molecule has 0 aromatic carbocycles. The first-order valence-corrected chi connectivity index (χ1v) is 4.94. The van der Waals surface area contributed by atoms with Crippen molar-refractivity contribution in [3.05, 3.63) is 36.2 Å². The molecule has 0 unspecified atom stereocenters. The second-order valence-electron chi connectivity index (χ2n) is 3.76. The molecule has 2 aromatic heterocycles. The van der Waals surface area contributed by atoms with Gasteiger partial charge < -0.3 is 0 Å². The van der Waals surface area contributed by atoms with Crippen molar-refractivity contribution in [2.45, 2.75) is 19.9 Å². The highest BCUT2D eigenvalue weighted by Gasteiger charge is 2.11. The Labute approximate surface area is 91.7 Å². The summed E-state index contributed by atoms with van der Waals surface area (Å²) in [6.07, 6.45) is 2.72. The first kappa shape index (κ1) is 10.7. The van der Waals surface area contributed by atoms with Crippen molar-refractivity contribution in [2.24, 2.45) is 0 Å². The number of pyridine rings is 1. The van der Waals surface area contributed by atoms with E-state index in [9.17, 15) is 8.78 Å². The van der Waals surface area contributed by atoms with Gasteiger partial charge in [-0.2, -0.15) is 5.10 Å². The third kappa shape index (κ3) is 1.93. The van der Waals surface area contributed by atoms with Crippen molar-refractivity contribution in [1.82, 2.24) is 14.8 Å². The molecule has 0 fully saturated rings. The summed E-state index contributed by atoms with van der Waals surface area (Å²) in [4.78, 5) is 3.69. The lowest BCUT2D eigenvalue weighted by Crippen LogP contribution is -2.01. The molecule has 0 radical (unpaired) electrons. The van der Waals surface area contributed by atoms with Gasteiger partial charge in [0.15, 0.2) is 5.82 Å². The fourth-order valence-electron chi connectivity index (χ4n) is 1.35. The Morgan fingerprint density at radius 2 is 2.06 bits per heavy atom. The number of nitrogens with zero attached hydrogens (tertiary/aromatic N) is 3. The average molecular weight is 223 g/mol. The summed E-state index contributed by atoms with van der Waals surface area (Å²) in [5.74, 6) is -1.39. The molecule has 0 amide bonds. The summed E-state index contributed by atoms with van der Waals surface area (Å²) in [5.41, 5.74) is 0.479. The van der Waals surface area contributed by atoms with Gasteiger partial charge in [-0.25, -0.2) is 13.8 Å². The van der Waals surface area contributed by atoms with Gasteiger partial charge in [-0.15, -0.1) is 0 Å². The van der Waals surface area contributed by atoms with Crippen LogP contribution in [0.4, 0.5) is 8.78 Å². The lowest BCUT2D eigenvalue weighted by molar-refractivity contribution is 0.532. The largest absolute Gasteiger partial charge is 0.270 e. The van der Waals surface area contributed by atoms with E-state index in [0.717, 1.165) is 12.3 Å². The Morgan fingerprint density at radius 1 is 1.31 bits per heavy atom. The van der Waals surface area contributed by atoms with Crippen LogP contribution >= 0.6 is 0 Å². The molecule has 3 nitrogen and oxygen atoms in total. The van der Waals surface area contributed by atoms with Crippen LogP contribution in [0, 0.1) is 11.6 Å². The summed E-state index contributed by atoms with van der Waals surface area (Å²) in [5, 5.41) is 4.16. The molecular formula is C11H11F2N3. The van der Waals surface area contributed by atoms with E-state index >= 15 is 0 Å². The molecule has 0 bridgehead atoms. The molecule has 0 aliphatic carbocycles. The third-order valence-corrected chi connectivity index (χ3v) is 2.19. The molecule has 2 rings (SSSR count). The predicted molar refractivity (Wildman–Crippen MR) is 55.8 cm³/mol. The van der Waals surface area contributed by atoms with Gasteiger partial charge >= 0.3 is 0 Å². The van der Waals surface area contributed by atoms with Crippen LogP contribution in [0.1, 0.15) is 19.9 Å². The standard InChI is InChI=1S/C11H11F2N3/c1-7(2)16-4-3-10(15-16)11-9(13)5-8(12)6-14-11/h3-7H,1-2H3. The first-order valence-electron chi connectivity index (χ1n) is 4.94. The summed E-state index contributed by atoms with van der Waals surface area (Å²) >= 11 is 0. The predicted octanol–water partition coefficient (Wildman–Crippen LogP) is 2.80. The van der Waals surface area contributed by atoms with Crippen LogP contribution in [0.5, 0.6) is 0 Å². The zero-order valence-electron chi connectivity index (χ0n) is 8.98. The Kier molecular flexibility index (Phi) is 2.68. The van der Waals surface area contributed by atoms with Gasteiger partial charge in [0.1, 0.15) is 17.2 Å². The molecule has 84 valence electrons. The maximum Gasteiger partial charge on any atom is 0.154 e. The smallest absolute Gasteiger partial charge is 0.154 e. The van der Waals surface area contributed by atoms with E-state index in [0.29, 0.717) is 5.69 Å². The van der Waals surface area contributed by atoms with Crippen molar-refractivity contribution in [2.75, 3.05) is 0 Å². The second-order valence-corrected chi connectivity index (χ2v) is 3.76. The molecule has 0 spiro atoms. The van der Waals surface area contributed by atoms with E-state index in [4.69, 9.17) is 0 Å². The highest BCUT2D eigenvalue weighted by Crippen LogP contribution is 2.19. The summed E-state index contributed by atoms with van der Waals surface area (Å²) in [7, 11) is 0. The van der Waals surface area contributed by atoms with Crippen molar-refractivity contribution < 1.29 is 8.78 Å². The molecular weight excluding hydrogens is 212 g/mol. The number of halogens is 2. The fourth-order valence-corrected chi connectivity index (χ4v) is 1.35. The number of hydrogen-bond donors (Lipinski definition) is 0. The Hall–Kier alpha value is -1.78. The van der Waals surface area contributed by atoms with E-state index in [1.54, 1.807) is 16.9 Å². The highest BCUT2D eigenvalue weighted by molar-refractivity contribution is 5.53. The fraction of sp³-hybridized carbons (Fsp3) is 0.273. The molecule has 0 saturated heterocycles. The van der Waals surface area contributed by atoms with Crippen LogP contribution in [0.2, 0.25) is 0 Å². The summed E-state index contributed by atoms with van der Waals surface area (Å²) in [6.45, 7) is 3.93. The molecule has 0 atom stereocenters. The van der Waals surface area contributed by atoms with Crippen LogP contribution in [0.15, 0.2) is 24.5 Å². The van der Waals surface area contributed by atoms with Crippen LogP contribution in [-0.2, 0) is 0 Å². The molecule has 16 heavy (non-hydrogen) atoms. The van der Waals surface area contributed by atoms with Crippen molar-refractivity contribution in [1.29, 1.82) is 0 Å².